The third-order valence-corrected chi connectivity index (χ3v) is 5.14. The summed E-state index contributed by atoms with van der Waals surface area (Å²) >= 11 is 5.82. The Kier molecular flexibility index (Phi) is 5.76. The molecule has 4 rings (SSSR count). The molecule has 0 radical (unpaired) electrons. The Morgan fingerprint density at radius 1 is 1.00 bits per heavy atom. The maximum absolute atomic E-state index is 13.5. The van der Waals surface area contributed by atoms with Gasteiger partial charge in [0.05, 0.1) is 16.1 Å². The zero-order valence-electron chi connectivity index (χ0n) is 16.7. The van der Waals surface area contributed by atoms with Crippen molar-refractivity contribution < 1.29 is 22.8 Å². The molecule has 0 spiro atoms. The Morgan fingerprint density at radius 3 is 2.53 bits per heavy atom. The van der Waals surface area contributed by atoms with Gasteiger partial charge in [-0.2, -0.15) is 18.7 Å². The van der Waals surface area contributed by atoms with Gasteiger partial charge in [-0.05, 0) is 47.0 Å². The van der Waals surface area contributed by atoms with Crippen LogP contribution in [0, 0.1) is 0 Å². The van der Waals surface area contributed by atoms with E-state index < -0.39 is 22.7 Å². The summed E-state index contributed by atoms with van der Waals surface area (Å²) in [6.45, 7) is 1.27. The van der Waals surface area contributed by atoms with Crippen molar-refractivity contribution in [3.63, 3.8) is 0 Å². The number of fused-ring (bicyclic) bond motifs is 1. The highest BCUT2D eigenvalue weighted by atomic mass is 35.5. The van der Waals surface area contributed by atoms with Crippen LogP contribution in [-0.2, 0) is 11.0 Å². The van der Waals surface area contributed by atoms with Gasteiger partial charge in [0.2, 0.25) is 5.91 Å². The number of rotatable bonds is 4. The smallest absolute Gasteiger partial charge is 0.379 e. The van der Waals surface area contributed by atoms with E-state index in [1.54, 1.807) is 24.4 Å². The molecule has 4 nitrogen and oxygen atoms in total. The average Bonchev–Trinajstić information content (AvgIpc) is 2.76. The number of carbonyl (C=O) groups is 1. The van der Waals surface area contributed by atoms with Crippen molar-refractivity contribution in [2.24, 2.45) is 0 Å². The normalized spacial score (nSPS) is 11.4. The molecule has 0 unspecified atom stereocenters. The fourth-order valence-corrected chi connectivity index (χ4v) is 3.64. The molecule has 0 fully saturated rings. The summed E-state index contributed by atoms with van der Waals surface area (Å²) in [5.41, 5.74) is 3.95. The van der Waals surface area contributed by atoms with Crippen molar-refractivity contribution >= 4 is 28.4 Å². The van der Waals surface area contributed by atoms with Crippen LogP contribution in [0.2, 0.25) is 5.02 Å². The molecule has 0 atom stereocenters. The highest BCUT2D eigenvalue weighted by molar-refractivity contribution is 6.31. The summed E-state index contributed by atoms with van der Waals surface area (Å²) in [7, 11) is 0. The molecule has 0 aliphatic rings. The number of aromatic nitrogens is 1. The van der Waals surface area contributed by atoms with E-state index in [9.17, 15) is 18.0 Å². The zero-order valence-corrected chi connectivity index (χ0v) is 17.5. The molecule has 0 bridgehead atoms. The van der Waals surface area contributed by atoms with Crippen LogP contribution in [0.4, 0.5) is 13.2 Å². The Bertz CT molecular complexity index is 1320. The van der Waals surface area contributed by atoms with E-state index in [0.717, 1.165) is 22.5 Å². The van der Waals surface area contributed by atoms with Crippen LogP contribution in [0.25, 0.3) is 33.2 Å². The maximum atomic E-state index is 13.5. The first kappa shape index (κ1) is 21.6. The lowest BCUT2D eigenvalue weighted by Gasteiger charge is -2.18. The third kappa shape index (κ3) is 4.38. The highest BCUT2D eigenvalue weighted by Gasteiger charge is 2.34. The van der Waals surface area contributed by atoms with Crippen LogP contribution in [-0.4, -0.2) is 10.9 Å². The van der Waals surface area contributed by atoms with E-state index in [0.29, 0.717) is 11.1 Å². The van der Waals surface area contributed by atoms with Crippen molar-refractivity contribution in [2.45, 2.75) is 13.1 Å². The van der Waals surface area contributed by atoms with Crippen molar-refractivity contribution in [1.82, 2.24) is 10.5 Å². The van der Waals surface area contributed by atoms with E-state index in [1.165, 1.54) is 19.1 Å². The van der Waals surface area contributed by atoms with Gasteiger partial charge in [-0.15, -0.1) is 0 Å². The number of amides is 1. The van der Waals surface area contributed by atoms with E-state index in [4.69, 9.17) is 16.4 Å². The largest absolute Gasteiger partial charge is 0.417 e. The number of carbonyl (C=O) groups excluding carboxylic acids is 1. The van der Waals surface area contributed by atoms with Gasteiger partial charge in [-0.3, -0.25) is 9.78 Å². The number of benzene rings is 3. The molecule has 1 amide bonds. The van der Waals surface area contributed by atoms with E-state index >= 15 is 0 Å². The lowest BCUT2D eigenvalue weighted by atomic mass is 9.92. The minimum absolute atomic E-state index is 0.189. The Balaban J connectivity index is 1.95. The predicted molar refractivity (Wildman–Crippen MR) is 117 cm³/mol. The van der Waals surface area contributed by atoms with Gasteiger partial charge < -0.3 is 4.84 Å². The number of pyridine rings is 1. The van der Waals surface area contributed by atoms with Crippen LogP contribution in [0.1, 0.15) is 12.5 Å². The summed E-state index contributed by atoms with van der Waals surface area (Å²) < 4.78 is 40.5. The van der Waals surface area contributed by atoms with Crippen molar-refractivity contribution in [3.8, 4) is 28.0 Å². The molecule has 0 saturated heterocycles. The van der Waals surface area contributed by atoms with Gasteiger partial charge in [-0.1, -0.05) is 48.0 Å². The Morgan fingerprint density at radius 2 is 1.78 bits per heavy atom. The predicted octanol–water partition coefficient (Wildman–Crippen LogP) is 6.67. The maximum Gasteiger partial charge on any atom is 0.417 e. The van der Waals surface area contributed by atoms with E-state index in [2.05, 4.69) is 10.5 Å². The number of halogens is 4. The van der Waals surface area contributed by atoms with Gasteiger partial charge in [0.15, 0.2) is 5.75 Å². The lowest BCUT2D eigenvalue weighted by molar-refractivity contribution is -0.137. The first-order chi connectivity index (χ1) is 15.2. The molecule has 0 saturated carbocycles. The van der Waals surface area contributed by atoms with Gasteiger partial charge in [0.1, 0.15) is 0 Å². The lowest BCUT2D eigenvalue weighted by Crippen LogP contribution is -2.24. The molecule has 1 N–H and O–H groups in total. The highest BCUT2D eigenvalue weighted by Crippen LogP contribution is 2.43. The molecule has 32 heavy (non-hydrogen) atoms. The standard InChI is InChI=1S/C24H16ClF3N2O2/c1-14(31)30-32-22-6-2-5-18(16-8-7-15-4-3-11-29-21(15)13-16)23(22)17-9-10-20(25)19(12-17)24(26,27)28/h2-13H,1H3,(H,30,31). The molecule has 0 aliphatic carbocycles. The number of hydrogen-bond donors (Lipinski definition) is 1. The Hall–Kier alpha value is -3.58. The van der Waals surface area contributed by atoms with Crippen LogP contribution in [0.5, 0.6) is 5.75 Å². The van der Waals surface area contributed by atoms with Gasteiger partial charge >= 0.3 is 6.18 Å². The summed E-state index contributed by atoms with van der Waals surface area (Å²) in [5, 5.41) is 0.521. The summed E-state index contributed by atoms with van der Waals surface area (Å²) in [4.78, 5) is 21.2. The van der Waals surface area contributed by atoms with Gasteiger partial charge in [0, 0.05) is 24.1 Å². The molecule has 1 aromatic heterocycles. The fraction of sp³-hybridized carbons (Fsp3) is 0.0833. The molecule has 162 valence electrons. The Labute approximate surface area is 186 Å². The minimum Gasteiger partial charge on any atom is -0.379 e. The van der Waals surface area contributed by atoms with Crippen molar-refractivity contribution in [2.75, 3.05) is 0 Å². The van der Waals surface area contributed by atoms with Crippen LogP contribution >= 0.6 is 11.6 Å². The number of nitrogens with one attached hydrogen (secondary N) is 1. The first-order valence-electron chi connectivity index (χ1n) is 9.53. The second kappa shape index (κ2) is 8.51. The van der Waals surface area contributed by atoms with Crippen LogP contribution in [0.15, 0.2) is 72.9 Å². The van der Waals surface area contributed by atoms with Crippen LogP contribution in [0.3, 0.4) is 0 Å². The van der Waals surface area contributed by atoms with E-state index in [-0.39, 0.29) is 11.3 Å². The zero-order chi connectivity index (χ0) is 22.9. The van der Waals surface area contributed by atoms with E-state index in [1.807, 2.05) is 30.3 Å². The van der Waals surface area contributed by atoms with Gasteiger partial charge in [0.25, 0.3) is 0 Å². The van der Waals surface area contributed by atoms with Crippen molar-refractivity contribution in [1.29, 1.82) is 0 Å². The molecular weight excluding hydrogens is 441 g/mol. The summed E-state index contributed by atoms with van der Waals surface area (Å²) in [6, 6.07) is 18.0. The minimum atomic E-state index is -4.63. The molecule has 4 aromatic rings. The fourth-order valence-electron chi connectivity index (χ4n) is 3.41. The van der Waals surface area contributed by atoms with Gasteiger partial charge in [-0.25, -0.2) is 0 Å². The second-order valence-electron chi connectivity index (χ2n) is 7.04. The molecular formula is C24H16ClF3N2O2. The summed E-state index contributed by atoms with van der Waals surface area (Å²) in [5.74, 6) is -0.266. The molecule has 8 heteroatoms. The first-order valence-corrected chi connectivity index (χ1v) is 9.90. The molecule has 0 aliphatic heterocycles. The third-order valence-electron chi connectivity index (χ3n) is 4.81. The topological polar surface area (TPSA) is 51.2 Å². The number of hydrogen-bond acceptors (Lipinski definition) is 3. The monoisotopic (exact) mass is 456 g/mol. The SMILES string of the molecule is CC(=O)NOc1cccc(-c2ccc3cccnc3c2)c1-c1ccc(Cl)c(C(F)(F)F)c1. The quantitative estimate of drug-likeness (QED) is 0.349. The second-order valence-corrected chi connectivity index (χ2v) is 7.45. The molecule has 3 aromatic carbocycles. The number of alkyl halides is 3. The molecule has 1 heterocycles. The number of hydroxylamine groups is 1. The van der Waals surface area contributed by atoms with Crippen LogP contribution < -0.4 is 10.3 Å². The van der Waals surface area contributed by atoms with Crippen molar-refractivity contribution in [3.05, 3.63) is 83.5 Å². The summed E-state index contributed by atoms with van der Waals surface area (Å²) in [6.07, 6.45) is -2.97. The number of nitrogens with zero attached hydrogens (tertiary/aromatic N) is 1. The average molecular weight is 457 g/mol.